The largest absolute Gasteiger partial charge is 0.486 e. The van der Waals surface area contributed by atoms with Crippen LogP contribution in [0.15, 0.2) is 41.3 Å². The van der Waals surface area contributed by atoms with Gasteiger partial charge in [0.25, 0.3) is 0 Å². The van der Waals surface area contributed by atoms with Gasteiger partial charge >= 0.3 is 0 Å². The summed E-state index contributed by atoms with van der Waals surface area (Å²) in [5, 5.41) is 2.93. The van der Waals surface area contributed by atoms with Crippen molar-refractivity contribution in [3.05, 3.63) is 47.5 Å². The lowest BCUT2D eigenvalue weighted by Crippen LogP contribution is -2.43. The molecule has 1 fully saturated rings. The minimum atomic E-state index is -3.83. The molecule has 2 heterocycles. The van der Waals surface area contributed by atoms with Crippen molar-refractivity contribution in [3.8, 4) is 11.5 Å². The Labute approximate surface area is 176 Å². The molecule has 7 nitrogen and oxygen atoms in total. The normalized spacial score (nSPS) is 20.7. The monoisotopic (exact) mass is 428 g/mol. The standard InChI is InChI=1S/C22H24N2O5S/c25-22(23-17-7-6-15-3-1-4-16(15)13-17)19-5-2-10-24(19)30(26,27)18-8-9-20-21(14-18)29-12-11-28-20/h6-9,13-14,19H,1-5,10-12H2,(H,23,25). The quantitative estimate of drug-likeness (QED) is 0.810. The molecule has 2 aromatic rings. The van der Waals surface area contributed by atoms with E-state index in [-0.39, 0.29) is 10.8 Å². The number of carbonyl (C=O) groups excluding carboxylic acids is 1. The first-order valence-corrected chi connectivity index (χ1v) is 11.8. The Kier molecular flexibility index (Phi) is 4.91. The van der Waals surface area contributed by atoms with Gasteiger partial charge in [0.05, 0.1) is 4.90 Å². The second kappa shape index (κ2) is 7.59. The van der Waals surface area contributed by atoms with Crippen LogP contribution in [0.25, 0.3) is 0 Å². The summed E-state index contributed by atoms with van der Waals surface area (Å²) in [6, 6.07) is 9.84. The van der Waals surface area contributed by atoms with Gasteiger partial charge in [-0.05, 0) is 67.5 Å². The van der Waals surface area contributed by atoms with Gasteiger partial charge in [-0.1, -0.05) is 6.07 Å². The molecule has 1 N–H and O–H groups in total. The van der Waals surface area contributed by atoms with Gasteiger partial charge in [0.2, 0.25) is 15.9 Å². The van der Waals surface area contributed by atoms with E-state index in [2.05, 4.69) is 11.4 Å². The SMILES string of the molecule is O=C(Nc1ccc2c(c1)CCC2)C1CCCN1S(=O)(=O)c1ccc2c(c1)OCCO2. The highest BCUT2D eigenvalue weighted by atomic mass is 32.2. The molecule has 3 aliphatic rings. The number of hydrogen-bond donors (Lipinski definition) is 1. The van der Waals surface area contributed by atoms with E-state index in [4.69, 9.17) is 9.47 Å². The van der Waals surface area contributed by atoms with Crippen LogP contribution in [0.2, 0.25) is 0 Å². The highest BCUT2D eigenvalue weighted by Gasteiger charge is 2.40. The molecule has 30 heavy (non-hydrogen) atoms. The van der Waals surface area contributed by atoms with Crippen molar-refractivity contribution < 1.29 is 22.7 Å². The zero-order valence-electron chi connectivity index (χ0n) is 16.6. The van der Waals surface area contributed by atoms with Crippen molar-refractivity contribution in [2.24, 2.45) is 0 Å². The topological polar surface area (TPSA) is 84.9 Å². The lowest BCUT2D eigenvalue weighted by Gasteiger charge is -2.25. The first kappa shape index (κ1) is 19.4. The molecule has 2 aliphatic heterocycles. The Morgan fingerprint density at radius 2 is 1.77 bits per heavy atom. The average molecular weight is 429 g/mol. The van der Waals surface area contributed by atoms with Crippen molar-refractivity contribution in [2.75, 3.05) is 25.1 Å². The highest BCUT2D eigenvalue weighted by Crippen LogP contribution is 2.35. The predicted molar refractivity (Wildman–Crippen MR) is 111 cm³/mol. The van der Waals surface area contributed by atoms with E-state index in [1.807, 2.05) is 12.1 Å². The van der Waals surface area contributed by atoms with Crippen molar-refractivity contribution >= 4 is 21.6 Å². The van der Waals surface area contributed by atoms with Gasteiger partial charge in [-0.25, -0.2) is 8.42 Å². The lowest BCUT2D eigenvalue weighted by atomic mass is 10.1. The van der Waals surface area contributed by atoms with Gasteiger partial charge in [-0.2, -0.15) is 4.31 Å². The second-order valence-corrected chi connectivity index (χ2v) is 9.80. The van der Waals surface area contributed by atoms with Crippen LogP contribution in [0, 0.1) is 0 Å². The Balaban J connectivity index is 1.37. The van der Waals surface area contributed by atoms with E-state index in [1.54, 1.807) is 6.07 Å². The Hall–Kier alpha value is -2.58. The molecule has 158 valence electrons. The molecule has 1 amide bonds. The molecule has 0 radical (unpaired) electrons. The molecule has 8 heteroatoms. The van der Waals surface area contributed by atoms with Gasteiger partial charge < -0.3 is 14.8 Å². The van der Waals surface area contributed by atoms with Crippen molar-refractivity contribution in [2.45, 2.75) is 43.0 Å². The third-order valence-corrected chi connectivity index (χ3v) is 7.90. The fourth-order valence-electron chi connectivity index (χ4n) is 4.48. The van der Waals surface area contributed by atoms with E-state index < -0.39 is 16.1 Å². The second-order valence-electron chi connectivity index (χ2n) is 7.91. The first-order valence-electron chi connectivity index (χ1n) is 10.4. The summed E-state index contributed by atoms with van der Waals surface area (Å²) in [7, 11) is -3.83. The minimum absolute atomic E-state index is 0.115. The lowest BCUT2D eigenvalue weighted by molar-refractivity contribution is -0.119. The smallest absolute Gasteiger partial charge is 0.243 e. The molecule has 0 bridgehead atoms. The average Bonchev–Trinajstić information content (AvgIpc) is 3.43. The number of amides is 1. The van der Waals surface area contributed by atoms with Crippen molar-refractivity contribution in [1.29, 1.82) is 0 Å². The number of carbonyl (C=O) groups is 1. The highest BCUT2D eigenvalue weighted by molar-refractivity contribution is 7.89. The molecule has 5 rings (SSSR count). The van der Waals surface area contributed by atoms with Gasteiger partial charge in [0, 0.05) is 18.3 Å². The van der Waals surface area contributed by atoms with E-state index in [0.717, 1.165) is 24.9 Å². The molecule has 1 unspecified atom stereocenters. The van der Waals surface area contributed by atoms with Gasteiger partial charge in [0.15, 0.2) is 11.5 Å². The number of fused-ring (bicyclic) bond motifs is 2. The van der Waals surface area contributed by atoms with Crippen molar-refractivity contribution in [3.63, 3.8) is 0 Å². The zero-order chi connectivity index (χ0) is 20.7. The van der Waals surface area contributed by atoms with Crippen LogP contribution >= 0.6 is 0 Å². The predicted octanol–water partition coefficient (Wildman–Crippen LogP) is 2.74. The number of ether oxygens (including phenoxy) is 2. The van der Waals surface area contributed by atoms with Gasteiger partial charge in [0.1, 0.15) is 19.3 Å². The van der Waals surface area contributed by atoms with Crippen LogP contribution < -0.4 is 14.8 Å². The number of aryl methyl sites for hydroxylation is 2. The summed E-state index contributed by atoms with van der Waals surface area (Å²) in [5.41, 5.74) is 3.32. The minimum Gasteiger partial charge on any atom is -0.486 e. The van der Waals surface area contributed by atoms with Crippen LogP contribution in [0.3, 0.4) is 0 Å². The Bertz CT molecular complexity index is 1100. The molecule has 1 aliphatic carbocycles. The molecule has 1 atom stereocenters. The number of sulfonamides is 1. The van der Waals surface area contributed by atoms with E-state index in [9.17, 15) is 13.2 Å². The summed E-state index contributed by atoms with van der Waals surface area (Å²) < 4.78 is 38.9. The van der Waals surface area contributed by atoms with Crippen LogP contribution in [0.1, 0.15) is 30.4 Å². The third kappa shape index (κ3) is 3.44. The summed E-state index contributed by atoms with van der Waals surface area (Å²) in [4.78, 5) is 13.1. The molecule has 2 aromatic carbocycles. The molecule has 0 saturated carbocycles. The summed E-state index contributed by atoms with van der Waals surface area (Å²) >= 11 is 0. The maximum absolute atomic E-state index is 13.3. The Morgan fingerprint density at radius 3 is 2.63 bits per heavy atom. The first-order chi connectivity index (χ1) is 14.5. The summed E-state index contributed by atoms with van der Waals surface area (Å²) in [5.74, 6) is 0.666. The molecule has 0 spiro atoms. The maximum atomic E-state index is 13.3. The van der Waals surface area contributed by atoms with Crippen molar-refractivity contribution in [1.82, 2.24) is 4.31 Å². The number of benzene rings is 2. The number of nitrogens with one attached hydrogen (secondary N) is 1. The van der Waals surface area contributed by atoms with Crippen LogP contribution in [-0.2, 0) is 27.7 Å². The van der Waals surface area contributed by atoms with E-state index >= 15 is 0 Å². The molecular weight excluding hydrogens is 404 g/mol. The third-order valence-electron chi connectivity index (χ3n) is 5.99. The number of nitrogens with zero attached hydrogens (tertiary/aromatic N) is 1. The van der Waals surface area contributed by atoms with E-state index in [0.29, 0.717) is 44.1 Å². The zero-order valence-corrected chi connectivity index (χ0v) is 17.4. The number of rotatable bonds is 4. The molecule has 0 aromatic heterocycles. The number of hydrogen-bond acceptors (Lipinski definition) is 5. The molecule has 1 saturated heterocycles. The van der Waals surface area contributed by atoms with Crippen LogP contribution in [0.4, 0.5) is 5.69 Å². The number of anilines is 1. The Morgan fingerprint density at radius 1 is 0.967 bits per heavy atom. The van der Waals surface area contributed by atoms with Gasteiger partial charge in [-0.15, -0.1) is 0 Å². The van der Waals surface area contributed by atoms with Crippen LogP contribution in [0.5, 0.6) is 11.5 Å². The fraction of sp³-hybridized carbons (Fsp3) is 0.409. The summed E-state index contributed by atoms with van der Waals surface area (Å²) in [6.07, 6.45) is 4.38. The van der Waals surface area contributed by atoms with E-state index in [1.165, 1.54) is 27.6 Å². The fourth-order valence-corrected chi connectivity index (χ4v) is 6.16. The van der Waals surface area contributed by atoms with Gasteiger partial charge in [-0.3, -0.25) is 4.79 Å². The maximum Gasteiger partial charge on any atom is 0.243 e. The molecular formula is C22H24N2O5S. The summed E-state index contributed by atoms with van der Waals surface area (Å²) in [6.45, 7) is 1.14. The van der Waals surface area contributed by atoms with Crippen LogP contribution in [-0.4, -0.2) is 44.4 Å².